The highest BCUT2D eigenvalue weighted by Crippen LogP contribution is 2.35. The molecule has 8 nitrogen and oxygen atoms in total. The molecule has 1 amide bonds. The van der Waals surface area contributed by atoms with Crippen LogP contribution in [0.2, 0.25) is 0 Å². The summed E-state index contributed by atoms with van der Waals surface area (Å²) < 4.78 is 21.0. The van der Waals surface area contributed by atoms with Gasteiger partial charge in [-0.2, -0.15) is 0 Å². The molecule has 3 aromatic rings. The number of nitrogens with zero attached hydrogens (tertiary/aromatic N) is 1. The molecule has 0 saturated carbocycles. The van der Waals surface area contributed by atoms with Crippen molar-refractivity contribution in [1.29, 1.82) is 0 Å². The number of hydrogen-bond donors (Lipinski definition) is 1. The topological polar surface area (TPSA) is 94.0 Å². The van der Waals surface area contributed by atoms with Crippen molar-refractivity contribution in [2.24, 2.45) is 0 Å². The van der Waals surface area contributed by atoms with Crippen LogP contribution in [0, 0.1) is 0 Å². The zero-order valence-electron chi connectivity index (χ0n) is 14.7. The van der Waals surface area contributed by atoms with Crippen LogP contribution in [-0.2, 0) is 11.3 Å². The van der Waals surface area contributed by atoms with Gasteiger partial charge in [-0.15, -0.1) is 0 Å². The van der Waals surface area contributed by atoms with Gasteiger partial charge in [0.15, 0.2) is 17.3 Å². The summed E-state index contributed by atoms with van der Waals surface area (Å²) in [4.78, 5) is 29.6. The number of aromatic nitrogens is 1. The molecule has 4 rings (SSSR count). The summed E-state index contributed by atoms with van der Waals surface area (Å²) in [7, 11) is 1.56. The summed E-state index contributed by atoms with van der Waals surface area (Å²) in [5.41, 5.74) is 0.835. The highest BCUT2D eigenvalue weighted by molar-refractivity contribution is 5.91. The second-order valence-electron chi connectivity index (χ2n) is 6.11. The minimum Gasteiger partial charge on any atom is -0.459 e. The van der Waals surface area contributed by atoms with Crippen molar-refractivity contribution < 1.29 is 23.4 Å². The Kier molecular flexibility index (Phi) is 4.55. The number of hydrogen-bond acceptors (Lipinski definition) is 6. The van der Waals surface area contributed by atoms with Crippen LogP contribution >= 0.6 is 0 Å². The molecule has 0 spiro atoms. The molecule has 0 fully saturated rings. The van der Waals surface area contributed by atoms with Gasteiger partial charge in [-0.05, 0) is 24.3 Å². The third-order valence-electron chi connectivity index (χ3n) is 4.36. The molecule has 140 valence electrons. The average molecular weight is 370 g/mol. The Labute approximate surface area is 154 Å². The third kappa shape index (κ3) is 3.39. The van der Waals surface area contributed by atoms with Gasteiger partial charge in [0.05, 0.1) is 24.9 Å². The number of carbonyl (C=O) groups is 1. The predicted octanol–water partition coefficient (Wildman–Crippen LogP) is 2.14. The van der Waals surface area contributed by atoms with E-state index < -0.39 is 0 Å². The Morgan fingerprint density at radius 1 is 1.26 bits per heavy atom. The van der Waals surface area contributed by atoms with E-state index in [9.17, 15) is 9.59 Å². The summed E-state index contributed by atoms with van der Waals surface area (Å²) in [5, 5.41) is 0.797. The van der Waals surface area contributed by atoms with Crippen LogP contribution < -0.4 is 15.0 Å². The van der Waals surface area contributed by atoms with E-state index >= 15 is 0 Å². The summed E-state index contributed by atoms with van der Waals surface area (Å²) in [6, 6.07) is 8.54. The van der Waals surface area contributed by atoms with Crippen molar-refractivity contribution >= 4 is 16.8 Å². The van der Waals surface area contributed by atoms with Crippen LogP contribution in [0.25, 0.3) is 10.9 Å². The van der Waals surface area contributed by atoms with E-state index in [0.29, 0.717) is 35.7 Å². The largest absolute Gasteiger partial charge is 0.459 e. The van der Waals surface area contributed by atoms with Gasteiger partial charge in [0.2, 0.25) is 6.79 Å². The first kappa shape index (κ1) is 17.2. The first-order valence-electron chi connectivity index (χ1n) is 8.43. The van der Waals surface area contributed by atoms with E-state index in [1.807, 2.05) is 6.07 Å². The molecule has 0 radical (unpaired) electrons. The Balaban J connectivity index is 1.66. The van der Waals surface area contributed by atoms with Gasteiger partial charge in [0, 0.05) is 30.7 Å². The van der Waals surface area contributed by atoms with Crippen molar-refractivity contribution in [2.75, 3.05) is 27.1 Å². The molecule has 1 aromatic carbocycles. The molecule has 0 saturated heterocycles. The average Bonchev–Trinajstić information content (AvgIpc) is 3.34. The molecule has 2 aromatic heterocycles. The first-order chi connectivity index (χ1) is 13.2. The van der Waals surface area contributed by atoms with Crippen LogP contribution in [0.3, 0.4) is 0 Å². The quantitative estimate of drug-likeness (QED) is 0.714. The number of pyridine rings is 1. The Morgan fingerprint density at radius 2 is 2.07 bits per heavy atom. The lowest BCUT2D eigenvalue weighted by Crippen LogP contribution is -2.35. The smallest absolute Gasteiger partial charge is 0.289 e. The van der Waals surface area contributed by atoms with Crippen molar-refractivity contribution in [3.05, 3.63) is 58.3 Å². The molecule has 27 heavy (non-hydrogen) atoms. The van der Waals surface area contributed by atoms with E-state index in [0.717, 1.165) is 5.39 Å². The monoisotopic (exact) mass is 370 g/mol. The van der Waals surface area contributed by atoms with Gasteiger partial charge >= 0.3 is 0 Å². The molecule has 1 aliphatic heterocycles. The van der Waals surface area contributed by atoms with Crippen molar-refractivity contribution in [2.45, 2.75) is 6.54 Å². The number of amides is 1. The highest BCUT2D eigenvalue weighted by Gasteiger charge is 2.21. The molecule has 1 aliphatic rings. The van der Waals surface area contributed by atoms with Crippen molar-refractivity contribution in [1.82, 2.24) is 9.88 Å². The normalized spacial score (nSPS) is 12.5. The maximum absolute atomic E-state index is 12.7. The lowest BCUT2D eigenvalue weighted by molar-refractivity contribution is 0.0648. The molecule has 1 N–H and O–H groups in total. The third-order valence-corrected chi connectivity index (χ3v) is 4.36. The van der Waals surface area contributed by atoms with Crippen LogP contribution in [-0.4, -0.2) is 42.8 Å². The number of carbonyl (C=O) groups excluding carboxylic acids is 1. The summed E-state index contributed by atoms with van der Waals surface area (Å²) in [6.07, 6.45) is 1.44. The zero-order valence-corrected chi connectivity index (χ0v) is 14.7. The fourth-order valence-corrected chi connectivity index (χ4v) is 2.97. The summed E-state index contributed by atoms with van der Waals surface area (Å²) in [6.45, 7) is 0.957. The maximum Gasteiger partial charge on any atom is 0.289 e. The van der Waals surface area contributed by atoms with Gasteiger partial charge in [-0.3, -0.25) is 9.59 Å². The minimum absolute atomic E-state index is 0.128. The van der Waals surface area contributed by atoms with Gasteiger partial charge < -0.3 is 28.5 Å². The SMILES string of the molecule is COCCN(Cc1cc2cc3c(cc2[nH]c1=O)OCO3)C(=O)c1ccco1. The van der Waals surface area contributed by atoms with Gasteiger partial charge in [-0.1, -0.05) is 0 Å². The number of methoxy groups -OCH3 is 1. The molecule has 3 heterocycles. The number of benzene rings is 1. The van der Waals surface area contributed by atoms with Crippen molar-refractivity contribution in [3.63, 3.8) is 0 Å². The van der Waals surface area contributed by atoms with Gasteiger partial charge in [0.1, 0.15) is 0 Å². The fraction of sp³-hybridized carbons (Fsp3) is 0.263. The molecule has 0 atom stereocenters. The Morgan fingerprint density at radius 3 is 2.81 bits per heavy atom. The number of fused-ring (bicyclic) bond motifs is 2. The number of aromatic amines is 1. The van der Waals surface area contributed by atoms with E-state index in [-0.39, 0.29) is 30.6 Å². The second kappa shape index (κ2) is 7.16. The van der Waals surface area contributed by atoms with Crippen LogP contribution in [0.1, 0.15) is 16.1 Å². The number of H-pyrrole nitrogens is 1. The summed E-state index contributed by atoms with van der Waals surface area (Å²) >= 11 is 0. The molecular weight excluding hydrogens is 352 g/mol. The Bertz CT molecular complexity index is 1020. The van der Waals surface area contributed by atoms with E-state index in [1.165, 1.54) is 11.2 Å². The van der Waals surface area contributed by atoms with Crippen molar-refractivity contribution in [3.8, 4) is 11.5 Å². The summed E-state index contributed by atoms with van der Waals surface area (Å²) in [5.74, 6) is 1.14. The number of rotatable bonds is 6. The van der Waals surface area contributed by atoms with E-state index in [1.54, 1.807) is 31.4 Å². The number of ether oxygens (including phenoxy) is 3. The van der Waals surface area contributed by atoms with Crippen LogP contribution in [0.15, 0.2) is 45.8 Å². The molecule has 8 heteroatoms. The highest BCUT2D eigenvalue weighted by atomic mass is 16.7. The first-order valence-corrected chi connectivity index (χ1v) is 8.43. The van der Waals surface area contributed by atoms with Gasteiger partial charge in [-0.25, -0.2) is 0 Å². The number of furan rings is 1. The lowest BCUT2D eigenvalue weighted by Gasteiger charge is -2.21. The number of nitrogens with one attached hydrogen (secondary N) is 1. The minimum atomic E-state index is -0.303. The zero-order chi connectivity index (χ0) is 18.8. The Hall–Kier alpha value is -3.26. The van der Waals surface area contributed by atoms with Gasteiger partial charge in [0.25, 0.3) is 11.5 Å². The predicted molar refractivity (Wildman–Crippen MR) is 96.0 cm³/mol. The second-order valence-corrected chi connectivity index (χ2v) is 6.11. The molecule has 0 bridgehead atoms. The van der Waals surface area contributed by atoms with Crippen LogP contribution in [0.4, 0.5) is 0 Å². The molecule has 0 unspecified atom stereocenters. The fourth-order valence-electron chi connectivity index (χ4n) is 2.97. The van der Waals surface area contributed by atoms with E-state index in [4.69, 9.17) is 18.6 Å². The molecule has 0 aliphatic carbocycles. The lowest BCUT2D eigenvalue weighted by atomic mass is 10.1. The molecular formula is C19H18N2O6. The standard InChI is InChI=1S/C19H18N2O6/c1-24-6-4-21(19(23)15-3-2-5-25-15)10-13-7-12-8-16-17(27-11-26-16)9-14(12)20-18(13)22/h2-3,5,7-9H,4,6,10-11H2,1H3,(H,20,22). The maximum atomic E-state index is 12.7. The van der Waals surface area contributed by atoms with E-state index in [2.05, 4.69) is 4.98 Å². The van der Waals surface area contributed by atoms with Crippen LogP contribution in [0.5, 0.6) is 11.5 Å².